The van der Waals surface area contributed by atoms with Gasteiger partial charge in [0, 0.05) is 17.6 Å². The Labute approximate surface area is 107 Å². The predicted octanol–water partition coefficient (Wildman–Crippen LogP) is 3.48. The average Bonchev–Trinajstić information content (AvgIpc) is 2.88. The van der Waals surface area contributed by atoms with E-state index in [0.717, 1.165) is 17.3 Å². The topological polar surface area (TPSA) is 43.1 Å². The summed E-state index contributed by atoms with van der Waals surface area (Å²) in [6.45, 7) is 0. The molecular formula is C15H15NO2. The molecule has 0 heterocycles. The van der Waals surface area contributed by atoms with E-state index in [0.29, 0.717) is 5.92 Å². The average molecular weight is 241 g/mol. The fourth-order valence-corrected chi connectivity index (χ4v) is 2.15. The second-order valence-electron chi connectivity index (χ2n) is 4.44. The van der Waals surface area contributed by atoms with Gasteiger partial charge in [-0.25, -0.2) is 0 Å². The van der Waals surface area contributed by atoms with Crippen LogP contribution in [0, 0.1) is 27.9 Å². The van der Waals surface area contributed by atoms with Gasteiger partial charge in [-0.1, -0.05) is 42.9 Å². The summed E-state index contributed by atoms with van der Waals surface area (Å²) in [5.41, 5.74) is 1.67. The molecule has 3 heteroatoms. The molecule has 18 heavy (non-hydrogen) atoms. The van der Waals surface area contributed by atoms with Crippen LogP contribution in [0.15, 0.2) is 30.5 Å². The van der Waals surface area contributed by atoms with E-state index in [-0.39, 0.29) is 0 Å². The van der Waals surface area contributed by atoms with Crippen LogP contribution in [0.2, 0.25) is 0 Å². The second-order valence-corrected chi connectivity index (χ2v) is 4.44. The quantitative estimate of drug-likeness (QED) is 0.452. The fraction of sp³-hybridized carbons (Fsp3) is 0.333. The third kappa shape index (κ3) is 3.46. The Hall–Kier alpha value is -2.08. The van der Waals surface area contributed by atoms with Gasteiger partial charge in [0.25, 0.3) is 0 Å². The molecule has 0 aromatic heterocycles. The molecule has 1 aliphatic carbocycles. The maximum atomic E-state index is 10.3. The minimum Gasteiger partial charge on any atom is -0.259 e. The number of nitro groups is 1. The van der Waals surface area contributed by atoms with Crippen molar-refractivity contribution in [2.75, 3.05) is 0 Å². The molecule has 2 rings (SSSR count). The lowest BCUT2D eigenvalue weighted by molar-refractivity contribution is -0.400. The first-order valence-corrected chi connectivity index (χ1v) is 6.18. The van der Waals surface area contributed by atoms with Gasteiger partial charge < -0.3 is 0 Å². The van der Waals surface area contributed by atoms with Crippen molar-refractivity contribution in [1.82, 2.24) is 0 Å². The summed E-state index contributed by atoms with van der Waals surface area (Å²) in [6.07, 6.45) is 7.35. The van der Waals surface area contributed by atoms with Gasteiger partial charge in [-0.15, -0.1) is 0 Å². The Morgan fingerprint density at radius 2 is 2.00 bits per heavy atom. The molecule has 1 saturated carbocycles. The normalized spacial score (nSPS) is 15.6. The van der Waals surface area contributed by atoms with E-state index in [1.807, 2.05) is 24.3 Å². The lowest BCUT2D eigenvalue weighted by atomic mass is 10.1. The first kappa shape index (κ1) is 12.4. The first-order chi connectivity index (χ1) is 8.75. The number of benzene rings is 1. The van der Waals surface area contributed by atoms with Crippen LogP contribution < -0.4 is 0 Å². The van der Waals surface area contributed by atoms with Gasteiger partial charge >= 0.3 is 0 Å². The van der Waals surface area contributed by atoms with Crippen molar-refractivity contribution in [2.24, 2.45) is 5.92 Å². The van der Waals surface area contributed by atoms with E-state index in [2.05, 4.69) is 11.8 Å². The Morgan fingerprint density at radius 1 is 1.28 bits per heavy atom. The minimum absolute atomic E-state index is 0.457. The van der Waals surface area contributed by atoms with E-state index < -0.39 is 4.92 Å². The van der Waals surface area contributed by atoms with Crippen molar-refractivity contribution < 1.29 is 4.92 Å². The highest BCUT2D eigenvalue weighted by Crippen LogP contribution is 2.23. The van der Waals surface area contributed by atoms with Gasteiger partial charge in [0.2, 0.25) is 6.20 Å². The fourth-order valence-electron chi connectivity index (χ4n) is 2.15. The summed E-state index contributed by atoms with van der Waals surface area (Å²) in [7, 11) is 0. The smallest absolute Gasteiger partial charge is 0.235 e. The predicted molar refractivity (Wildman–Crippen MR) is 71.3 cm³/mol. The molecule has 1 aliphatic rings. The molecule has 1 fully saturated rings. The lowest BCUT2D eigenvalue weighted by Crippen LogP contribution is -1.89. The summed E-state index contributed by atoms with van der Waals surface area (Å²) in [5, 5.41) is 10.3. The van der Waals surface area contributed by atoms with Crippen LogP contribution in [0.5, 0.6) is 0 Å². The minimum atomic E-state index is -0.457. The van der Waals surface area contributed by atoms with Crippen molar-refractivity contribution in [3.63, 3.8) is 0 Å². The molecule has 0 spiro atoms. The number of hydrogen-bond acceptors (Lipinski definition) is 2. The number of hydrogen-bond donors (Lipinski definition) is 0. The zero-order chi connectivity index (χ0) is 12.8. The van der Waals surface area contributed by atoms with E-state index in [1.54, 1.807) is 0 Å². The monoisotopic (exact) mass is 241 g/mol. The van der Waals surface area contributed by atoms with E-state index in [4.69, 9.17) is 0 Å². The molecule has 92 valence electrons. The Kier molecular flexibility index (Phi) is 4.14. The van der Waals surface area contributed by atoms with E-state index in [9.17, 15) is 10.1 Å². The summed E-state index contributed by atoms with van der Waals surface area (Å²) in [4.78, 5) is 9.88. The zero-order valence-corrected chi connectivity index (χ0v) is 10.1. The molecule has 1 aromatic carbocycles. The zero-order valence-electron chi connectivity index (χ0n) is 10.1. The van der Waals surface area contributed by atoms with E-state index in [1.165, 1.54) is 31.8 Å². The molecule has 1 aromatic rings. The van der Waals surface area contributed by atoms with Crippen molar-refractivity contribution in [2.45, 2.75) is 25.7 Å². The van der Waals surface area contributed by atoms with Crippen LogP contribution in [-0.4, -0.2) is 4.92 Å². The van der Waals surface area contributed by atoms with Crippen molar-refractivity contribution in [1.29, 1.82) is 0 Å². The van der Waals surface area contributed by atoms with Crippen LogP contribution in [0.3, 0.4) is 0 Å². The van der Waals surface area contributed by atoms with Gasteiger partial charge in [-0.2, -0.15) is 0 Å². The molecule has 0 unspecified atom stereocenters. The van der Waals surface area contributed by atoms with Crippen LogP contribution in [0.4, 0.5) is 0 Å². The molecule has 0 N–H and O–H groups in total. The summed E-state index contributed by atoms with van der Waals surface area (Å²) >= 11 is 0. The second kappa shape index (κ2) is 6.02. The summed E-state index contributed by atoms with van der Waals surface area (Å²) in [6, 6.07) is 7.52. The van der Waals surface area contributed by atoms with Crippen molar-refractivity contribution in [3.05, 3.63) is 51.7 Å². The molecule has 0 amide bonds. The van der Waals surface area contributed by atoms with Gasteiger partial charge in [-0.3, -0.25) is 10.1 Å². The molecule has 3 nitrogen and oxygen atoms in total. The van der Waals surface area contributed by atoms with Gasteiger partial charge in [0.15, 0.2) is 0 Å². The largest absolute Gasteiger partial charge is 0.259 e. The third-order valence-electron chi connectivity index (χ3n) is 3.10. The molecular weight excluding hydrogens is 226 g/mol. The highest BCUT2D eigenvalue weighted by Gasteiger charge is 2.11. The van der Waals surface area contributed by atoms with Gasteiger partial charge in [0.05, 0.1) is 4.92 Å². The molecule has 0 radical (unpaired) electrons. The highest BCUT2D eigenvalue weighted by molar-refractivity contribution is 5.58. The summed E-state index contributed by atoms with van der Waals surface area (Å²) < 4.78 is 0. The highest BCUT2D eigenvalue weighted by atomic mass is 16.6. The van der Waals surface area contributed by atoms with Crippen molar-refractivity contribution >= 4 is 6.08 Å². The standard InChI is InChI=1S/C15H15NO2/c17-16(18)12-11-15-8-4-3-7-14(15)10-9-13-5-1-2-6-13/h3-4,7-8,11-13H,1-2,5-6H2/b12-11+. The maximum absolute atomic E-state index is 10.3. The maximum Gasteiger partial charge on any atom is 0.235 e. The van der Waals surface area contributed by atoms with Crippen LogP contribution in [0.1, 0.15) is 36.8 Å². The van der Waals surface area contributed by atoms with Crippen molar-refractivity contribution in [3.8, 4) is 11.8 Å². The Balaban J connectivity index is 2.18. The molecule has 0 atom stereocenters. The molecule has 0 aliphatic heterocycles. The van der Waals surface area contributed by atoms with Gasteiger partial charge in [0.1, 0.15) is 0 Å². The van der Waals surface area contributed by atoms with E-state index >= 15 is 0 Å². The van der Waals surface area contributed by atoms with Crippen LogP contribution in [-0.2, 0) is 0 Å². The van der Waals surface area contributed by atoms with Gasteiger partial charge in [-0.05, 0) is 24.5 Å². The first-order valence-electron chi connectivity index (χ1n) is 6.18. The number of rotatable bonds is 2. The third-order valence-corrected chi connectivity index (χ3v) is 3.10. The SMILES string of the molecule is O=[N+]([O-])/C=C/c1ccccc1C#CC1CCCC1. The Morgan fingerprint density at radius 3 is 2.72 bits per heavy atom. The number of nitrogens with zero attached hydrogens (tertiary/aromatic N) is 1. The van der Waals surface area contributed by atoms with Crippen LogP contribution in [0.25, 0.3) is 6.08 Å². The summed E-state index contributed by atoms with van der Waals surface area (Å²) in [5.74, 6) is 6.92. The Bertz CT molecular complexity index is 517. The van der Waals surface area contributed by atoms with Crippen LogP contribution >= 0.6 is 0 Å². The molecule has 0 bridgehead atoms. The lowest BCUT2D eigenvalue weighted by Gasteiger charge is -1.98. The molecule has 0 saturated heterocycles.